The molecule has 2 aromatic heterocycles. The Morgan fingerprint density at radius 2 is 2.25 bits per heavy atom. The highest BCUT2D eigenvalue weighted by atomic mass is 35.5. The summed E-state index contributed by atoms with van der Waals surface area (Å²) < 4.78 is 1.40. The molecule has 2 rings (SSSR count). The fourth-order valence-corrected chi connectivity index (χ4v) is 3.01. The Hall–Kier alpha value is -1.33. The minimum atomic E-state index is -0.243. The number of halogens is 1. The monoisotopic (exact) mass is 311 g/mol. The van der Waals surface area contributed by atoms with E-state index in [0.717, 1.165) is 6.42 Å². The maximum Gasteiger partial charge on any atom is 0.287 e. The summed E-state index contributed by atoms with van der Waals surface area (Å²) in [6.07, 6.45) is 2.47. The summed E-state index contributed by atoms with van der Waals surface area (Å²) in [5.41, 5.74) is 0.343. The third-order valence-corrected chi connectivity index (χ3v) is 4.53. The van der Waals surface area contributed by atoms with Crippen LogP contribution in [-0.2, 0) is 6.54 Å². The van der Waals surface area contributed by atoms with Crippen molar-refractivity contribution in [2.45, 2.75) is 39.8 Å². The first kappa shape index (κ1) is 15.1. The smallest absolute Gasteiger partial charge is 0.287 e. The van der Waals surface area contributed by atoms with Crippen molar-refractivity contribution in [3.63, 3.8) is 0 Å². The fraction of sp³-hybridized carbons (Fsp3) is 0.429. The van der Waals surface area contributed by atoms with Gasteiger partial charge in [-0.1, -0.05) is 18.5 Å². The van der Waals surface area contributed by atoms with Crippen LogP contribution >= 0.6 is 22.9 Å². The van der Waals surface area contributed by atoms with Gasteiger partial charge in [0.15, 0.2) is 0 Å². The van der Waals surface area contributed by atoms with E-state index in [1.165, 1.54) is 14.4 Å². The van der Waals surface area contributed by atoms with Gasteiger partial charge in [-0.25, -0.2) is 4.68 Å². The van der Waals surface area contributed by atoms with Crippen LogP contribution in [0.5, 0.6) is 0 Å². The number of rotatable bonds is 5. The molecule has 1 unspecified atom stereocenters. The van der Waals surface area contributed by atoms with Gasteiger partial charge in [0.2, 0.25) is 0 Å². The first-order chi connectivity index (χ1) is 9.52. The zero-order chi connectivity index (χ0) is 14.7. The van der Waals surface area contributed by atoms with Crippen molar-refractivity contribution in [2.24, 2.45) is 0 Å². The number of aromatic nitrogens is 2. The largest absolute Gasteiger partial charge is 0.375 e. The average molecular weight is 312 g/mol. The Balaban J connectivity index is 2.22. The van der Waals surface area contributed by atoms with E-state index in [1.807, 2.05) is 13.8 Å². The number of aryl methyl sites for hydroxylation is 2. The van der Waals surface area contributed by atoms with Gasteiger partial charge in [0, 0.05) is 16.3 Å². The molecule has 0 saturated carbocycles. The quantitative estimate of drug-likeness (QED) is 0.912. The zero-order valence-corrected chi connectivity index (χ0v) is 13.4. The van der Waals surface area contributed by atoms with Crippen LogP contribution in [0.2, 0.25) is 5.02 Å². The number of hydrogen-bond acceptors (Lipinski definition) is 4. The highest BCUT2D eigenvalue weighted by molar-refractivity contribution is 7.12. The van der Waals surface area contributed by atoms with E-state index < -0.39 is 0 Å². The molecule has 0 aliphatic carbocycles. The maximum atomic E-state index is 12.0. The summed E-state index contributed by atoms with van der Waals surface area (Å²) in [5.74, 6) is 0. The third-order valence-electron chi connectivity index (χ3n) is 2.98. The SMILES string of the molecule is CCCn1ncc(NC(C)c2ccc(C)s2)c(Cl)c1=O. The van der Waals surface area contributed by atoms with Crippen molar-refractivity contribution < 1.29 is 0 Å². The van der Waals surface area contributed by atoms with Crippen LogP contribution in [-0.4, -0.2) is 9.78 Å². The van der Waals surface area contributed by atoms with Crippen LogP contribution in [0.15, 0.2) is 23.1 Å². The van der Waals surface area contributed by atoms with Gasteiger partial charge in [-0.05, 0) is 32.4 Å². The van der Waals surface area contributed by atoms with Crippen molar-refractivity contribution in [2.75, 3.05) is 5.32 Å². The summed E-state index contributed by atoms with van der Waals surface area (Å²) in [4.78, 5) is 14.5. The number of nitrogens with one attached hydrogen (secondary N) is 1. The number of thiophene rings is 1. The molecule has 0 aromatic carbocycles. The molecule has 0 aliphatic rings. The van der Waals surface area contributed by atoms with Gasteiger partial charge in [-0.3, -0.25) is 4.79 Å². The van der Waals surface area contributed by atoms with Crippen molar-refractivity contribution in [3.8, 4) is 0 Å². The van der Waals surface area contributed by atoms with E-state index in [2.05, 4.69) is 29.5 Å². The molecule has 4 nitrogen and oxygen atoms in total. The molecule has 20 heavy (non-hydrogen) atoms. The predicted octanol–water partition coefficient (Wildman–Crippen LogP) is 3.85. The Labute approximate surface area is 127 Å². The molecular formula is C14H18ClN3OS. The molecule has 0 aliphatic heterocycles. The molecular weight excluding hydrogens is 294 g/mol. The number of anilines is 1. The average Bonchev–Trinajstić information content (AvgIpc) is 2.85. The van der Waals surface area contributed by atoms with Crippen molar-refractivity contribution in [1.29, 1.82) is 0 Å². The Morgan fingerprint density at radius 3 is 2.85 bits per heavy atom. The second kappa shape index (κ2) is 6.41. The molecule has 0 spiro atoms. The summed E-state index contributed by atoms with van der Waals surface area (Å²) in [5, 5.41) is 7.60. The van der Waals surface area contributed by atoms with E-state index in [4.69, 9.17) is 11.6 Å². The van der Waals surface area contributed by atoms with Gasteiger partial charge in [-0.2, -0.15) is 5.10 Å². The van der Waals surface area contributed by atoms with Gasteiger partial charge < -0.3 is 5.32 Å². The summed E-state index contributed by atoms with van der Waals surface area (Å²) in [6.45, 7) is 6.69. The third kappa shape index (κ3) is 3.22. The molecule has 2 aromatic rings. The van der Waals surface area contributed by atoms with Crippen LogP contribution in [0.1, 0.15) is 36.1 Å². The Kier molecular flexibility index (Phi) is 4.83. The molecule has 0 radical (unpaired) electrons. The van der Waals surface area contributed by atoms with Crippen LogP contribution in [0.25, 0.3) is 0 Å². The van der Waals surface area contributed by atoms with Crippen LogP contribution in [0.3, 0.4) is 0 Å². The van der Waals surface area contributed by atoms with Crippen LogP contribution in [0, 0.1) is 6.92 Å². The van der Waals surface area contributed by atoms with Gasteiger partial charge in [0.25, 0.3) is 5.56 Å². The van der Waals surface area contributed by atoms with Gasteiger partial charge in [-0.15, -0.1) is 11.3 Å². The second-order valence-corrected chi connectivity index (χ2v) is 6.41. The summed E-state index contributed by atoms with van der Waals surface area (Å²) in [6, 6.07) is 4.25. The Bertz CT molecular complexity index is 650. The zero-order valence-electron chi connectivity index (χ0n) is 11.8. The van der Waals surface area contributed by atoms with Gasteiger partial charge >= 0.3 is 0 Å². The highest BCUT2D eigenvalue weighted by Crippen LogP contribution is 2.27. The topological polar surface area (TPSA) is 46.9 Å². The molecule has 108 valence electrons. The van der Waals surface area contributed by atoms with Crippen molar-refractivity contribution in [1.82, 2.24) is 9.78 Å². The molecule has 1 atom stereocenters. The standard InChI is InChI=1S/C14H18ClN3OS/c1-4-7-18-14(19)13(15)11(8-16-18)17-10(3)12-6-5-9(2)20-12/h5-6,8,10,17H,4,7H2,1-3H3. The molecule has 1 N–H and O–H groups in total. The molecule has 2 heterocycles. The lowest BCUT2D eigenvalue weighted by Gasteiger charge is -2.15. The molecule has 0 bridgehead atoms. The number of nitrogens with zero attached hydrogens (tertiary/aromatic N) is 2. The Morgan fingerprint density at radius 1 is 1.50 bits per heavy atom. The molecule has 0 amide bonds. The van der Waals surface area contributed by atoms with Gasteiger partial charge in [0.05, 0.1) is 17.9 Å². The highest BCUT2D eigenvalue weighted by Gasteiger charge is 2.13. The van der Waals surface area contributed by atoms with Crippen molar-refractivity contribution in [3.05, 3.63) is 43.5 Å². The molecule has 0 saturated heterocycles. The maximum absolute atomic E-state index is 12.0. The molecule has 0 fully saturated rings. The van der Waals surface area contributed by atoms with E-state index in [0.29, 0.717) is 12.2 Å². The minimum Gasteiger partial charge on any atom is -0.375 e. The number of hydrogen-bond donors (Lipinski definition) is 1. The normalized spacial score (nSPS) is 12.4. The van der Waals surface area contributed by atoms with E-state index >= 15 is 0 Å². The van der Waals surface area contributed by atoms with Crippen LogP contribution in [0.4, 0.5) is 5.69 Å². The lowest BCUT2D eigenvalue weighted by Crippen LogP contribution is -2.24. The fourth-order valence-electron chi connectivity index (χ4n) is 1.93. The first-order valence-corrected chi connectivity index (χ1v) is 7.81. The lowest BCUT2D eigenvalue weighted by atomic mass is 10.2. The van der Waals surface area contributed by atoms with Crippen LogP contribution < -0.4 is 10.9 Å². The minimum absolute atomic E-state index is 0.0921. The van der Waals surface area contributed by atoms with Crippen molar-refractivity contribution >= 4 is 28.6 Å². The lowest BCUT2D eigenvalue weighted by molar-refractivity contribution is 0.568. The van der Waals surface area contributed by atoms with E-state index in [1.54, 1.807) is 17.5 Å². The summed E-state index contributed by atoms with van der Waals surface area (Å²) in [7, 11) is 0. The predicted molar refractivity (Wildman–Crippen MR) is 84.9 cm³/mol. The second-order valence-electron chi connectivity index (χ2n) is 4.71. The van der Waals surface area contributed by atoms with Gasteiger partial charge in [0.1, 0.15) is 5.02 Å². The van der Waals surface area contributed by atoms with E-state index in [-0.39, 0.29) is 16.6 Å². The summed E-state index contributed by atoms with van der Waals surface area (Å²) >= 11 is 7.87. The first-order valence-electron chi connectivity index (χ1n) is 6.61. The molecule has 6 heteroatoms. The van der Waals surface area contributed by atoms with E-state index in [9.17, 15) is 4.79 Å².